The van der Waals surface area contributed by atoms with Crippen molar-refractivity contribution in [2.75, 3.05) is 0 Å². The van der Waals surface area contributed by atoms with Gasteiger partial charge < -0.3 is 5.11 Å². The van der Waals surface area contributed by atoms with Gasteiger partial charge in [0, 0.05) is 12.6 Å². The molecule has 5 nitrogen and oxygen atoms in total. The number of carboxylic acids is 1. The van der Waals surface area contributed by atoms with Crippen LogP contribution in [-0.2, 0) is 9.59 Å². The van der Waals surface area contributed by atoms with Crippen LogP contribution in [0.3, 0.4) is 0 Å². The molecular formula is C9H12N2O3. The zero-order valence-electron chi connectivity index (χ0n) is 7.88. The highest BCUT2D eigenvalue weighted by Gasteiger charge is 2.34. The normalized spacial score (nSPS) is 24.8. The summed E-state index contributed by atoms with van der Waals surface area (Å²) < 4.78 is 0. The van der Waals surface area contributed by atoms with E-state index >= 15 is 0 Å². The van der Waals surface area contributed by atoms with Gasteiger partial charge >= 0.3 is 5.97 Å². The van der Waals surface area contributed by atoms with Crippen LogP contribution < -0.4 is 0 Å². The lowest BCUT2D eigenvalue weighted by molar-refractivity contribution is -0.143. The molecule has 1 heterocycles. The Labute approximate surface area is 81.7 Å². The van der Waals surface area contributed by atoms with E-state index in [0.717, 1.165) is 0 Å². The van der Waals surface area contributed by atoms with Crippen LogP contribution in [0.15, 0.2) is 17.3 Å². The van der Waals surface area contributed by atoms with Gasteiger partial charge in [0.25, 0.3) is 0 Å². The number of allylic oxidation sites excluding steroid dienone is 1. The summed E-state index contributed by atoms with van der Waals surface area (Å²) in [5, 5.41) is 8.78. The number of carbonyl (C=O) groups is 2. The number of amidine groups is 1. The fourth-order valence-electron chi connectivity index (χ4n) is 1.38. The van der Waals surface area contributed by atoms with E-state index in [1.807, 2.05) is 0 Å². The van der Waals surface area contributed by atoms with Crippen LogP contribution in [-0.4, -0.2) is 34.3 Å². The second kappa shape index (κ2) is 4.55. The Morgan fingerprint density at radius 3 is 2.93 bits per heavy atom. The van der Waals surface area contributed by atoms with Crippen LogP contribution in [0.25, 0.3) is 0 Å². The Kier molecular flexibility index (Phi) is 3.39. The number of hydrogen-bond acceptors (Lipinski definition) is 3. The van der Waals surface area contributed by atoms with Crippen molar-refractivity contribution in [3.05, 3.63) is 12.3 Å². The summed E-state index contributed by atoms with van der Waals surface area (Å²) in [5.74, 6) is -0.465. The van der Waals surface area contributed by atoms with Gasteiger partial charge in [0.2, 0.25) is 6.41 Å². The number of carbonyl (C=O) groups excluding carboxylic acids is 1. The Bertz CT molecular complexity index is 296. The lowest BCUT2D eigenvalue weighted by atomic mass is 10.2. The van der Waals surface area contributed by atoms with Gasteiger partial charge in [0.15, 0.2) is 0 Å². The summed E-state index contributed by atoms with van der Waals surface area (Å²) in [5.41, 5.74) is 0. The molecule has 14 heavy (non-hydrogen) atoms. The third-order valence-corrected chi connectivity index (χ3v) is 2.05. The summed E-state index contributed by atoms with van der Waals surface area (Å²) in [6.07, 6.45) is 4.76. The van der Waals surface area contributed by atoms with Gasteiger partial charge in [0.1, 0.15) is 11.9 Å². The van der Waals surface area contributed by atoms with Crippen LogP contribution in [0, 0.1) is 0 Å². The number of hydrogen-bond donors (Lipinski definition) is 1. The van der Waals surface area contributed by atoms with Crippen molar-refractivity contribution in [1.29, 1.82) is 0 Å². The van der Waals surface area contributed by atoms with Gasteiger partial charge in [-0.3, -0.25) is 9.69 Å². The molecule has 1 rings (SSSR count). The molecule has 1 atom stereocenters. The number of likely N-dealkylation sites (tertiary alicyclic amines) is 1. The van der Waals surface area contributed by atoms with E-state index in [1.165, 1.54) is 4.90 Å². The van der Waals surface area contributed by atoms with Crippen molar-refractivity contribution in [3.63, 3.8) is 0 Å². The number of rotatable bonds is 3. The molecule has 0 aromatic heterocycles. The van der Waals surface area contributed by atoms with Crippen LogP contribution in [0.1, 0.15) is 19.8 Å². The molecule has 76 valence electrons. The standard InChI is InChI=1S/C9H12N2O3/c1-2-5-10-8-4-3-7(9(13)14)11(8)6-12/h2,5-7H,3-4H2,1H3,(H,13,14)/b5-2-,10-8?. The third kappa shape index (κ3) is 1.99. The molecule has 0 aromatic rings. The lowest BCUT2D eigenvalue weighted by Crippen LogP contribution is -2.37. The second-order valence-electron chi connectivity index (χ2n) is 2.93. The molecule has 1 fully saturated rings. The van der Waals surface area contributed by atoms with Gasteiger partial charge in [-0.05, 0) is 13.3 Å². The Hall–Kier alpha value is -1.65. The van der Waals surface area contributed by atoms with Gasteiger partial charge in [-0.15, -0.1) is 0 Å². The minimum Gasteiger partial charge on any atom is -0.480 e. The van der Waals surface area contributed by atoms with Crippen LogP contribution in [0.5, 0.6) is 0 Å². The number of amides is 1. The third-order valence-electron chi connectivity index (χ3n) is 2.05. The molecule has 1 N–H and O–H groups in total. The zero-order chi connectivity index (χ0) is 10.6. The van der Waals surface area contributed by atoms with E-state index in [0.29, 0.717) is 25.1 Å². The Morgan fingerprint density at radius 2 is 2.43 bits per heavy atom. The van der Waals surface area contributed by atoms with E-state index in [-0.39, 0.29) is 0 Å². The van der Waals surface area contributed by atoms with Gasteiger partial charge in [-0.1, -0.05) is 6.08 Å². The number of nitrogens with zero attached hydrogens (tertiary/aromatic N) is 2. The number of aliphatic imine (C=N–C) groups is 1. The minimum atomic E-state index is -0.984. The molecule has 0 bridgehead atoms. The predicted octanol–water partition coefficient (Wildman–Crippen LogP) is 0.624. The average Bonchev–Trinajstić information content (AvgIpc) is 2.57. The largest absolute Gasteiger partial charge is 0.480 e. The predicted molar refractivity (Wildman–Crippen MR) is 50.8 cm³/mol. The fraction of sp³-hybridized carbons (Fsp3) is 0.444. The molecule has 0 spiro atoms. The molecule has 1 saturated heterocycles. The molecule has 0 saturated carbocycles. The highest BCUT2D eigenvalue weighted by molar-refractivity contribution is 5.98. The topological polar surface area (TPSA) is 70.0 Å². The molecule has 1 unspecified atom stereocenters. The van der Waals surface area contributed by atoms with Gasteiger partial charge in [-0.2, -0.15) is 0 Å². The highest BCUT2D eigenvalue weighted by atomic mass is 16.4. The summed E-state index contributed by atoms with van der Waals surface area (Å²) >= 11 is 0. The van der Waals surface area contributed by atoms with Crippen molar-refractivity contribution in [1.82, 2.24) is 4.90 Å². The van der Waals surface area contributed by atoms with Crippen molar-refractivity contribution < 1.29 is 14.7 Å². The molecule has 0 aromatic carbocycles. The van der Waals surface area contributed by atoms with Crippen LogP contribution in [0.4, 0.5) is 0 Å². The van der Waals surface area contributed by atoms with E-state index in [1.54, 1.807) is 19.2 Å². The smallest absolute Gasteiger partial charge is 0.326 e. The Balaban J connectivity index is 2.83. The molecule has 1 aliphatic rings. The van der Waals surface area contributed by atoms with Gasteiger partial charge in [0.05, 0.1) is 0 Å². The summed E-state index contributed by atoms with van der Waals surface area (Å²) in [4.78, 5) is 26.5. The SMILES string of the molecule is C/C=C\N=C1CCC(C(=O)O)N1C=O. The summed E-state index contributed by atoms with van der Waals surface area (Å²) in [7, 11) is 0. The first-order valence-corrected chi connectivity index (χ1v) is 4.35. The number of carboxylic acid groups (broad SMARTS) is 1. The zero-order valence-corrected chi connectivity index (χ0v) is 7.88. The van der Waals surface area contributed by atoms with E-state index < -0.39 is 12.0 Å². The van der Waals surface area contributed by atoms with Crippen LogP contribution in [0.2, 0.25) is 0 Å². The quantitative estimate of drug-likeness (QED) is 0.673. The molecule has 1 aliphatic heterocycles. The van der Waals surface area contributed by atoms with Crippen molar-refractivity contribution in [2.24, 2.45) is 4.99 Å². The minimum absolute atomic E-state index is 0.435. The maximum atomic E-state index is 10.7. The first-order chi connectivity index (χ1) is 6.70. The molecular weight excluding hydrogens is 184 g/mol. The highest BCUT2D eigenvalue weighted by Crippen LogP contribution is 2.18. The maximum Gasteiger partial charge on any atom is 0.326 e. The van der Waals surface area contributed by atoms with Crippen molar-refractivity contribution >= 4 is 18.2 Å². The number of aliphatic carboxylic acids is 1. The van der Waals surface area contributed by atoms with Gasteiger partial charge in [-0.25, -0.2) is 9.79 Å². The second-order valence-corrected chi connectivity index (χ2v) is 2.93. The summed E-state index contributed by atoms with van der Waals surface area (Å²) in [6, 6.07) is -0.753. The van der Waals surface area contributed by atoms with E-state index in [9.17, 15) is 9.59 Å². The Morgan fingerprint density at radius 1 is 1.71 bits per heavy atom. The first-order valence-electron chi connectivity index (χ1n) is 4.35. The van der Waals surface area contributed by atoms with Crippen molar-refractivity contribution in [2.45, 2.75) is 25.8 Å². The van der Waals surface area contributed by atoms with Crippen LogP contribution >= 0.6 is 0 Å². The molecule has 0 radical (unpaired) electrons. The lowest BCUT2D eigenvalue weighted by Gasteiger charge is -2.15. The van der Waals surface area contributed by atoms with E-state index in [2.05, 4.69) is 4.99 Å². The molecule has 0 aliphatic carbocycles. The first kappa shape index (κ1) is 10.4. The average molecular weight is 196 g/mol. The maximum absolute atomic E-state index is 10.7. The monoisotopic (exact) mass is 196 g/mol. The van der Waals surface area contributed by atoms with Crippen molar-refractivity contribution in [3.8, 4) is 0 Å². The van der Waals surface area contributed by atoms with E-state index in [4.69, 9.17) is 5.11 Å². The molecule has 1 amide bonds. The molecule has 5 heteroatoms. The fourth-order valence-corrected chi connectivity index (χ4v) is 1.38. The summed E-state index contributed by atoms with van der Waals surface area (Å²) in [6.45, 7) is 1.80.